The Balaban J connectivity index is 0.000000173. The maximum Gasteiger partial charge on any atom is 0.202 e. The molecule has 238 valence electrons. The summed E-state index contributed by atoms with van der Waals surface area (Å²) in [6.45, 7) is 3.40. The van der Waals surface area contributed by atoms with E-state index < -0.39 is 34.8 Å². The lowest BCUT2D eigenvalue weighted by atomic mass is 10.0. The molecule has 0 aliphatic carbocycles. The first-order chi connectivity index (χ1) is 23.0. The smallest absolute Gasteiger partial charge is 0.202 e. The van der Waals surface area contributed by atoms with Crippen LogP contribution in [0.3, 0.4) is 0 Å². The Labute approximate surface area is 277 Å². The van der Waals surface area contributed by atoms with Gasteiger partial charge >= 0.3 is 0 Å². The number of rotatable bonds is 3. The highest BCUT2D eigenvalue weighted by Gasteiger charge is 2.27. The molecule has 0 radical (unpaired) electrons. The lowest BCUT2D eigenvalue weighted by Crippen LogP contribution is -2.03. The topological polar surface area (TPSA) is 124 Å². The van der Waals surface area contributed by atoms with Crippen LogP contribution in [-0.4, -0.2) is 24.5 Å². The Morgan fingerprint density at radius 2 is 1.17 bits per heavy atom. The molecule has 0 bridgehead atoms. The Bertz CT molecular complexity index is 2490. The SMILES string of the molecule is Cc1noc(C)c1-c1c(C#N)c2ccccc2n1-c1ccc(O)c(F)c1F.N#Cc1c(Br)n(-c2ccc(O)c(F)c2F)c2ccccc12. The van der Waals surface area contributed by atoms with E-state index in [4.69, 9.17) is 4.52 Å². The minimum absolute atomic E-state index is 0.0881. The number of aromatic hydroxyl groups is 2. The molecule has 0 aliphatic heterocycles. The molecule has 7 rings (SSSR count). The number of nitrogens with zero attached hydrogens (tertiary/aromatic N) is 5. The second-order valence-corrected chi connectivity index (χ2v) is 11.2. The monoisotopic (exact) mass is 713 g/mol. The van der Waals surface area contributed by atoms with Crippen LogP contribution in [0.15, 0.2) is 81.9 Å². The van der Waals surface area contributed by atoms with Crippen LogP contribution in [0.2, 0.25) is 0 Å². The normalized spacial score (nSPS) is 10.9. The number of para-hydroxylation sites is 2. The molecule has 48 heavy (non-hydrogen) atoms. The van der Waals surface area contributed by atoms with E-state index in [1.165, 1.54) is 21.3 Å². The third-order valence-electron chi connectivity index (χ3n) is 7.75. The maximum atomic E-state index is 14.7. The number of aromatic nitrogens is 3. The molecule has 0 saturated carbocycles. The average Bonchev–Trinajstić information content (AvgIpc) is 3.69. The van der Waals surface area contributed by atoms with Crippen LogP contribution in [0.1, 0.15) is 22.6 Å². The minimum Gasteiger partial charge on any atom is -0.505 e. The zero-order chi connectivity index (χ0) is 34.4. The number of aryl methyl sites for hydroxylation is 2. The number of hydrogen-bond donors (Lipinski definition) is 2. The first-order valence-corrected chi connectivity index (χ1v) is 14.8. The number of fused-ring (bicyclic) bond motifs is 2. The molecule has 0 amide bonds. The summed E-state index contributed by atoms with van der Waals surface area (Å²) in [5, 5.41) is 42.9. The molecule has 2 N–H and O–H groups in total. The summed E-state index contributed by atoms with van der Waals surface area (Å²) in [6, 6.07) is 22.7. The highest BCUT2D eigenvalue weighted by molar-refractivity contribution is 9.10. The van der Waals surface area contributed by atoms with Crippen molar-refractivity contribution < 1.29 is 32.3 Å². The van der Waals surface area contributed by atoms with Gasteiger partial charge in [-0.05, 0) is 66.2 Å². The van der Waals surface area contributed by atoms with Crippen molar-refractivity contribution in [3.63, 3.8) is 0 Å². The van der Waals surface area contributed by atoms with Gasteiger partial charge in [0.15, 0.2) is 23.1 Å². The van der Waals surface area contributed by atoms with E-state index in [0.717, 1.165) is 12.1 Å². The van der Waals surface area contributed by atoms with Gasteiger partial charge in [-0.3, -0.25) is 4.57 Å². The van der Waals surface area contributed by atoms with E-state index >= 15 is 0 Å². The molecule has 3 aromatic heterocycles. The van der Waals surface area contributed by atoms with Crippen LogP contribution in [-0.2, 0) is 0 Å². The van der Waals surface area contributed by atoms with Crippen molar-refractivity contribution in [3.8, 4) is 46.3 Å². The molecule has 4 aromatic carbocycles. The number of halogens is 5. The van der Waals surface area contributed by atoms with E-state index in [-0.39, 0.29) is 11.4 Å². The molecule has 8 nitrogen and oxygen atoms in total. The zero-order valence-electron chi connectivity index (χ0n) is 24.9. The summed E-state index contributed by atoms with van der Waals surface area (Å²) < 4.78 is 64.9. The summed E-state index contributed by atoms with van der Waals surface area (Å²) in [5.74, 6) is -6.16. The number of nitriles is 2. The second kappa shape index (κ2) is 12.3. The van der Waals surface area contributed by atoms with Gasteiger partial charge in [0, 0.05) is 10.8 Å². The molecular formula is C35H20BrF4N5O3. The van der Waals surface area contributed by atoms with Crippen molar-refractivity contribution in [2.75, 3.05) is 0 Å². The Morgan fingerprint density at radius 3 is 1.67 bits per heavy atom. The minimum atomic E-state index is -1.35. The van der Waals surface area contributed by atoms with Crippen LogP contribution < -0.4 is 0 Å². The molecule has 0 saturated heterocycles. The van der Waals surface area contributed by atoms with Crippen molar-refractivity contribution >= 4 is 37.7 Å². The molecule has 0 spiro atoms. The van der Waals surface area contributed by atoms with Gasteiger partial charge in [-0.25, -0.2) is 8.78 Å². The third kappa shape index (κ3) is 4.92. The van der Waals surface area contributed by atoms with Gasteiger partial charge in [-0.2, -0.15) is 19.3 Å². The molecule has 3 heterocycles. The Hall–Kier alpha value is -6.05. The summed E-state index contributed by atoms with van der Waals surface area (Å²) in [6.07, 6.45) is 0. The summed E-state index contributed by atoms with van der Waals surface area (Å²) in [5.41, 5.74) is 2.92. The zero-order valence-corrected chi connectivity index (χ0v) is 26.4. The van der Waals surface area contributed by atoms with Gasteiger partial charge in [-0.15, -0.1) is 0 Å². The highest BCUT2D eigenvalue weighted by Crippen LogP contribution is 2.40. The van der Waals surface area contributed by atoms with Crippen molar-refractivity contribution in [1.29, 1.82) is 10.5 Å². The van der Waals surface area contributed by atoms with Gasteiger partial charge < -0.3 is 19.3 Å². The Kier molecular flexibility index (Phi) is 8.17. The van der Waals surface area contributed by atoms with E-state index in [1.54, 1.807) is 62.4 Å². The van der Waals surface area contributed by atoms with E-state index in [0.29, 0.717) is 60.2 Å². The molecule has 7 aromatic rings. The average molecular weight is 714 g/mol. The molecule has 0 unspecified atom stereocenters. The predicted octanol–water partition coefficient (Wildman–Crippen LogP) is 9.01. The fourth-order valence-corrected chi connectivity index (χ4v) is 6.30. The van der Waals surface area contributed by atoms with E-state index in [9.17, 15) is 38.3 Å². The summed E-state index contributed by atoms with van der Waals surface area (Å²) >= 11 is 3.26. The highest BCUT2D eigenvalue weighted by atomic mass is 79.9. The quantitative estimate of drug-likeness (QED) is 0.176. The number of benzene rings is 4. The first kappa shape index (κ1) is 31.9. The van der Waals surface area contributed by atoms with Crippen molar-refractivity contribution in [1.82, 2.24) is 14.3 Å². The lowest BCUT2D eigenvalue weighted by Gasteiger charge is -2.13. The van der Waals surface area contributed by atoms with E-state index in [1.807, 2.05) is 6.07 Å². The summed E-state index contributed by atoms with van der Waals surface area (Å²) in [7, 11) is 0. The number of hydrogen-bond acceptors (Lipinski definition) is 6. The number of phenols is 2. The first-order valence-electron chi connectivity index (χ1n) is 14.0. The van der Waals surface area contributed by atoms with Gasteiger partial charge in [0.2, 0.25) is 11.6 Å². The fourth-order valence-electron chi connectivity index (χ4n) is 5.62. The van der Waals surface area contributed by atoms with Crippen molar-refractivity contribution in [3.05, 3.63) is 123 Å². The summed E-state index contributed by atoms with van der Waals surface area (Å²) in [4.78, 5) is 0. The van der Waals surface area contributed by atoms with Crippen LogP contribution >= 0.6 is 15.9 Å². The van der Waals surface area contributed by atoms with Crippen molar-refractivity contribution in [2.24, 2.45) is 0 Å². The second-order valence-electron chi connectivity index (χ2n) is 10.5. The molecule has 0 aliphatic rings. The van der Waals surface area contributed by atoms with Crippen LogP contribution in [0, 0.1) is 59.8 Å². The Morgan fingerprint density at radius 1 is 0.688 bits per heavy atom. The number of phenolic OH excluding ortho intramolecular Hbond substituents is 2. The standard InChI is InChI=1S/C20H13F2N3O2.C15H7BrF2N2O/c1-10-17(11(2)27-24-10)20-13(9-23)12-5-3-4-6-14(12)25(20)15-7-8-16(26)19(22)18(15)21;16-15-9(7-19)8-3-1-2-4-10(8)20(15)11-5-6-12(21)14(18)13(11)17/h3-8,26H,1-2H3;1-6,21H. The van der Waals surface area contributed by atoms with Crippen molar-refractivity contribution in [2.45, 2.75) is 13.8 Å². The third-order valence-corrected chi connectivity index (χ3v) is 8.50. The molecule has 0 atom stereocenters. The van der Waals surface area contributed by atoms with Crippen LogP contribution in [0.5, 0.6) is 11.5 Å². The van der Waals surface area contributed by atoms with Gasteiger partial charge in [0.05, 0.1) is 50.5 Å². The molecular weight excluding hydrogens is 694 g/mol. The molecule has 13 heteroatoms. The fraction of sp³-hybridized carbons (Fsp3) is 0.0571. The van der Waals surface area contributed by atoms with Gasteiger partial charge in [0.1, 0.15) is 22.5 Å². The van der Waals surface area contributed by atoms with E-state index in [2.05, 4.69) is 27.2 Å². The van der Waals surface area contributed by atoms with Crippen LogP contribution in [0.25, 0.3) is 44.4 Å². The van der Waals surface area contributed by atoms with Gasteiger partial charge in [-0.1, -0.05) is 41.6 Å². The molecule has 0 fully saturated rings. The predicted molar refractivity (Wildman–Crippen MR) is 172 cm³/mol. The largest absolute Gasteiger partial charge is 0.505 e. The lowest BCUT2D eigenvalue weighted by molar-refractivity contribution is 0.393. The maximum absolute atomic E-state index is 14.7. The van der Waals surface area contributed by atoms with Crippen LogP contribution in [0.4, 0.5) is 17.6 Å². The van der Waals surface area contributed by atoms with Gasteiger partial charge in [0.25, 0.3) is 0 Å².